The highest BCUT2D eigenvalue weighted by molar-refractivity contribution is 9.10. The standard InChI is InChI=1S/C25H21BrFN3O4/c1-29-13-18(23(30(32)33)25(29)19-7-3-5-9-21(19)28-24(25)31)17-12-16(26)10-11-22(17)34-14-15-6-2-4-8-20(15)27/h2-12,18,23H,13-14H2,1H3,(H,28,31)/t18-,23+,25+/m1/s1. The number of nitro groups is 1. The smallest absolute Gasteiger partial charge is 0.256 e. The molecule has 1 spiro atoms. The maximum Gasteiger partial charge on any atom is 0.256 e. The summed E-state index contributed by atoms with van der Waals surface area (Å²) in [6.45, 7) is 0.237. The van der Waals surface area contributed by atoms with Gasteiger partial charge in [0.2, 0.25) is 0 Å². The number of fused-ring (bicyclic) bond motifs is 2. The van der Waals surface area contributed by atoms with Crippen LogP contribution in [0.15, 0.2) is 71.2 Å². The van der Waals surface area contributed by atoms with Gasteiger partial charge in [0.05, 0.1) is 5.92 Å². The third kappa shape index (κ3) is 3.38. The summed E-state index contributed by atoms with van der Waals surface area (Å²) in [7, 11) is 1.73. The van der Waals surface area contributed by atoms with Gasteiger partial charge in [-0.25, -0.2) is 4.39 Å². The van der Waals surface area contributed by atoms with Crippen molar-refractivity contribution >= 4 is 27.5 Å². The summed E-state index contributed by atoms with van der Waals surface area (Å²) in [4.78, 5) is 27.3. The molecule has 1 N–H and O–H groups in total. The molecule has 7 nitrogen and oxygen atoms in total. The second-order valence-electron chi connectivity index (χ2n) is 8.55. The third-order valence-corrected chi connectivity index (χ3v) is 7.25. The van der Waals surface area contributed by atoms with Crippen LogP contribution in [-0.4, -0.2) is 35.4 Å². The molecule has 0 aliphatic carbocycles. The molecule has 1 saturated heterocycles. The fourth-order valence-electron chi connectivity index (χ4n) is 5.27. The summed E-state index contributed by atoms with van der Waals surface area (Å²) < 4.78 is 20.8. The molecule has 1 fully saturated rings. The van der Waals surface area contributed by atoms with Crippen molar-refractivity contribution < 1.29 is 18.8 Å². The summed E-state index contributed by atoms with van der Waals surface area (Å²) in [5, 5.41) is 15.4. The first-order chi connectivity index (χ1) is 16.3. The fourth-order valence-corrected chi connectivity index (χ4v) is 5.65. The number of likely N-dealkylation sites (N-methyl/N-ethyl adjacent to an activating group) is 1. The van der Waals surface area contributed by atoms with Gasteiger partial charge in [-0.05, 0) is 37.4 Å². The molecule has 0 unspecified atom stereocenters. The lowest BCUT2D eigenvalue weighted by Crippen LogP contribution is -2.54. The molecule has 2 heterocycles. The molecule has 3 aromatic carbocycles. The van der Waals surface area contributed by atoms with E-state index in [1.807, 2.05) is 0 Å². The molecule has 0 aromatic heterocycles. The lowest BCUT2D eigenvalue weighted by molar-refractivity contribution is -0.534. The van der Waals surface area contributed by atoms with Gasteiger partial charge in [0.15, 0.2) is 5.54 Å². The molecule has 3 atom stereocenters. The second-order valence-corrected chi connectivity index (χ2v) is 9.46. The number of nitrogens with one attached hydrogen (secondary N) is 1. The number of halogens is 2. The van der Waals surface area contributed by atoms with E-state index in [9.17, 15) is 19.3 Å². The Morgan fingerprint density at radius 2 is 1.94 bits per heavy atom. The van der Waals surface area contributed by atoms with E-state index in [0.29, 0.717) is 28.1 Å². The summed E-state index contributed by atoms with van der Waals surface area (Å²) in [6.07, 6.45) is 0. The first kappa shape index (κ1) is 22.5. The highest BCUT2D eigenvalue weighted by Crippen LogP contribution is 2.53. The van der Waals surface area contributed by atoms with Gasteiger partial charge in [0.1, 0.15) is 18.2 Å². The van der Waals surface area contributed by atoms with Gasteiger partial charge < -0.3 is 10.1 Å². The molecule has 2 aliphatic rings. The van der Waals surface area contributed by atoms with Gasteiger partial charge in [-0.3, -0.25) is 19.8 Å². The maximum atomic E-state index is 14.1. The minimum Gasteiger partial charge on any atom is -0.488 e. The average molecular weight is 526 g/mol. The first-order valence-electron chi connectivity index (χ1n) is 10.8. The molecule has 5 rings (SSSR count). The summed E-state index contributed by atoms with van der Waals surface area (Å²) >= 11 is 3.46. The summed E-state index contributed by atoms with van der Waals surface area (Å²) in [5.74, 6) is -1.03. The van der Waals surface area contributed by atoms with Crippen LogP contribution in [0.5, 0.6) is 5.75 Å². The van der Waals surface area contributed by atoms with E-state index in [4.69, 9.17) is 4.74 Å². The minimum absolute atomic E-state index is 0.0263. The van der Waals surface area contributed by atoms with E-state index in [1.54, 1.807) is 72.6 Å². The van der Waals surface area contributed by atoms with E-state index in [0.717, 1.165) is 4.47 Å². The Labute approximate surface area is 203 Å². The van der Waals surface area contributed by atoms with E-state index in [-0.39, 0.29) is 23.9 Å². The number of para-hydroxylation sites is 1. The molecule has 2 aliphatic heterocycles. The van der Waals surface area contributed by atoms with E-state index >= 15 is 0 Å². The number of hydrogen-bond acceptors (Lipinski definition) is 5. The van der Waals surface area contributed by atoms with E-state index in [2.05, 4.69) is 21.2 Å². The Morgan fingerprint density at radius 1 is 1.21 bits per heavy atom. The highest BCUT2D eigenvalue weighted by Gasteiger charge is 2.68. The van der Waals surface area contributed by atoms with Crippen LogP contribution in [0.1, 0.15) is 22.6 Å². The van der Waals surface area contributed by atoms with Crippen molar-refractivity contribution in [1.29, 1.82) is 0 Å². The summed E-state index contributed by atoms with van der Waals surface area (Å²) in [5.41, 5.74) is 0.697. The maximum absolute atomic E-state index is 14.1. The van der Waals surface area contributed by atoms with Crippen molar-refractivity contribution in [3.8, 4) is 5.75 Å². The van der Waals surface area contributed by atoms with Crippen molar-refractivity contribution in [3.05, 3.63) is 104 Å². The number of likely N-dealkylation sites (tertiary alicyclic amines) is 1. The molecule has 174 valence electrons. The van der Waals surface area contributed by atoms with E-state index < -0.39 is 23.4 Å². The predicted octanol–water partition coefficient (Wildman–Crippen LogP) is 4.69. The molecule has 0 saturated carbocycles. The van der Waals surface area contributed by atoms with Gasteiger partial charge >= 0.3 is 0 Å². The largest absolute Gasteiger partial charge is 0.488 e. The van der Waals surface area contributed by atoms with Crippen molar-refractivity contribution in [2.24, 2.45) is 0 Å². The van der Waals surface area contributed by atoms with Crippen molar-refractivity contribution in [2.45, 2.75) is 24.1 Å². The van der Waals surface area contributed by atoms with Gasteiger partial charge in [0.25, 0.3) is 11.9 Å². The number of nitrogens with zero attached hydrogens (tertiary/aromatic N) is 2. The summed E-state index contributed by atoms with van der Waals surface area (Å²) in [6, 6.07) is 17.4. The van der Waals surface area contributed by atoms with Crippen LogP contribution < -0.4 is 10.1 Å². The van der Waals surface area contributed by atoms with Gasteiger partial charge in [-0.1, -0.05) is 52.3 Å². The number of rotatable bonds is 5. The van der Waals surface area contributed by atoms with Gasteiger partial charge in [0, 0.05) is 38.3 Å². The van der Waals surface area contributed by atoms with Gasteiger partial charge in [-0.15, -0.1) is 0 Å². The molecule has 9 heteroatoms. The van der Waals surface area contributed by atoms with Gasteiger partial charge in [-0.2, -0.15) is 0 Å². The molecule has 0 radical (unpaired) electrons. The second kappa shape index (κ2) is 8.48. The van der Waals surface area contributed by atoms with Crippen LogP contribution in [0, 0.1) is 15.9 Å². The number of ether oxygens (including phenoxy) is 1. The normalized spacial score (nSPS) is 23.7. The zero-order valence-corrected chi connectivity index (χ0v) is 19.8. The molecule has 3 aromatic rings. The lowest BCUT2D eigenvalue weighted by atomic mass is 9.79. The number of carbonyl (C=O) groups is 1. The Hall–Kier alpha value is -3.30. The minimum atomic E-state index is -1.45. The van der Waals surface area contributed by atoms with Crippen LogP contribution in [0.2, 0.25) is 0 Å². The molecule has 0 bridgehead atoms. The number of amides is 1. The molecular weight excluding hydrogens is 505 g/mol. The topological polar surface area (TPSA) is 84.7 Å². The predicted molar refractivity (Wildman–Crippen MR) is 128 cm³/mol. The SMILES string of the molecule is CN1C[C@H](c2cc(Br)ccc2OCc2ccccc2F)[C@H]([N+](=O)[O-])[C@@]12C(=O)Nc1ccccc12. The van der Waals surface area contributed by atoms with Crippen LogP contribution in [0.25, 0.3) is 0 Å². The lowest BCUT2D eigenvalue weighted by Gasteiger charge is -2.30. The first-order valence-corrected chi connectivity index (χ1v) is 11.5. The van der Waals surface area contributed by atoms with Crippen LogP contribution in [0.4, 0.5) is 10.1 Å². The zero-order valence-electron chi connectivity index (χ0n) is 18.2. The quantitative estimate of drug-likeness (QED) is 0.385. The Bertz CT molecular complexity index is 1300. The number of anilines is 1. The third-order valence-electron chi connectivity index (χ3n) is 6.75. The number of hydrogen-bond donors (Lipinski definition) is 1. The Kier molecular flexibility index (Phi) is 5.61. The van der Waals surface area contributed by atoms with E-state index in [1.165, 1.54) is 6.07 Å². The van der Waals surface area contributed by atoms with Crippen LogP contribution in [0.3, 0.4) is 0 Å². The molecular formula is C25H21BrFN3O4. The highest BCUT2D eigenvalue weighted by atomic mass is 79.9. The molecule has 34 heavy (non-hydrogen) atoms. The van der Waals surface area contributed by atoms with Crippen LogP contribution in [-0.2, 0) is 16.9 Å². The fraction of sp³-hybridized carbons (Fsp3) is 0.240. The Morgan fingerprint density at radius 3 is 2.71 bits per heavy atom. The number of carbonyl (C=O) groups excluding carboxylic acids is 1. The zero-order chi connectivity index (χ0) is 24.0. The monoisotopic (exact) mass is 525 g/mol. The molecule has 1 amide bonds. The number of benzene rings is 3. The average Bonchev–Trinajstić information content (AvgIpc) is 3.29. The van der Waals surface area contributed by atoms with Crippen molar-refractivity contribution in [2.75, 3.05) is 18.9 Å². The van der Waals surface area contributed by atoms with Crippen molar-refractivity contribution in [3.63, 3.8) is 0 Å². The van der Waals surface area contributed by atoms with Crippen LogP contribution >= 0.6 is 15.9 Å². The Balaban J connectivity index is 1.58. The van der Waals surface area contributed by atoms with Crippen molar-refractivity contribution in [1.82, 2.24) is 4.90 Å².